The second kappa shape index (κ2) is 5.35. The van der Waals surface area contributed by atoms with E-state index in [0.29, 0.717) is 15.7 Å². The van der Waals surface area contributed by atoms with Crippen LogP contribution in [0.1, 0.15) is 6.42 Å². The molecule has 110 valence electrons. The van der Waals surface area contributed by atoms with Gasteiger partial charge in [-0.15, -0.1) is 0 Å². The normalized spacial score (nSPS) is 29.6. The Labute approximate surface area is 131 Å². The molecule has 2 N–H and O–H groups in total. The number of amides is 1. The van der Waals surface area contributed by atoms with Gasteiger partial charge in [0.15, 0.2) is 0 Å². The Morgan fingerprint density at radius 3 is 2.38 bits per heavy atom. The molecule has 3 rings (SSSR count). The van der Waals surface area contributed by atoms with Crippen molar-refractivity contribution >= 4 is 40.8 Å². The molecule has 0 radical (unpaired) electrons. The number of hydrogen-bond donors (Lipinski definition) is 2. The molecule has 4 atom stereocenters. The third-order valence-electron chi connectivity index (χ3n) is 4.23. The van der Waals surface area contributed by atoms with Gasteiger partial charge in [0.05, 0.1) is 21.9 Å². The van der Waals surface area contributed by atoms with Gasteiger partial charge in [0.2, 0.25) is 5.91 Å². The highest BCUT2D eigenvalue weighted by Crippen LogP contribution is 2.48. The summed E-state index contributed by atoms with van der Waals surface area (Å²) < 4.78 is 0. The summed E-state index contributed by atoms with van der Waals surface area (Å²) in [5.41, 5.74) is 0.519. The molecule has 0 saturated heterocycles. The van der Waals surface area contributed by atoms with Gasteiger partial charge in [-0.3, -0.25) is 9.59 Å². The summed E-state index contributed by atoms with van der Waals surface area (Å²) in [7, 11) is 0. The molecule has 1 aromatic carbocycles. The van der Waals surface area contributed by atoms with Crippen molar-refractivity contribution < 1.29 is 14.7 Å². The van der Waals surface area contributed by atoms with Crippen molar-refractivity contribution in [1.82, 2.24) is 0 Å². The minimum atomic E-state index is -0.916. The van der Waals surface area contributed by atoms with Crippen LogP contribution in [-0.2, 0) is 9.59 Å². The van der Waals surface area contributed by atoms with Gasteiger partial charge in [-0.2, -0.15) is 0 Å². The van der Waals surface area contributed by atoms with Gasteiger partial charge in [-0.25, -0.2) is 0 Å². The van der Waals surface area contributed by atoms with Crippen LogP contribution >= 0.6 is 23.2 Å². The maximum absolute atomic E-state index is 12.4. The van der Waals surface area contributed by atoms with E-state index >= 15 is 0 Å². The fourth-order valence-corrected chi connectivity index (χ4v) is 3.61. The molecule has 1 amide bonds. The van der Waals surface area contributed by atoms with Crippen LogP contribution < -0.4 is 5.32 Å². The molecule has 2 bridgehead atoms. The lowest BCUT2D eigenvalue weighted by molar-refractivity contribution is -0.146. The first-order chi connectivity index (χ1) is 9.97. The number of carboxylic acids is 1. The van der Waals surface area contributed by atoms with E-state index in [-0.39, 0.29) is 17.7 Å². The molecule has 6 heteroatoms. The molecule has 2 aliphatic carbocycles. The van der Waals surface area contributed by atoms with E-state index in [1.165, 1.54) is 0 Å². The summed E-state index contributed by atoms with van der Waals surface area (Å²) in [6.45, 7) is 0. The fourth-order valence-electron chi connectivity index (χ4n) is 3.32. The summed E-state index contributed by atoms with van der Waals surface area (Å²) in [5.74, 6) is -2.43. The standard InChI is InChI=1S/C15H13Cl2NO3/c16-10-4-3-9(6-11(10)17)18-14(19)12-7-1-2-8(5-7)13(12)15(20)21/h1-4,6-8,12-13H,5H2,(H,18,19)(H,20,21)/t7-,8+,12-,13-/m1/s1. The Hall–Kier alpha value is -1.52. The summed E-state index contributed by atoms with van der Waals surface area (Å²) in [5, 5.41) is 12.8. The number of hydrogen-bond acceptors (Lipinski definition) is 2. The number of aliphatic carboxylic acids is 1. The molecule has 1 fully saturated rings. The van der Waals surface area contributed by atoms with Crippen LogP contribution in [0.3, 0.4) is 0 Å². The van der Waals surface area contributed by atoms with Gasteiger partial charge in [0, 0.05) is 5.69 Å². The van der Waals surface area contributed by atoms with Crippen LogP contribution in [-0.4, -0.2) is 17.0 Å². The number of carboxylic acid groups (broad SMARTS) is 1. The molecule has 1 saturated carbocycles. The number of allylic oxidation sites excluding steroid dienone is 2. The van der Waals surface area contributed by atoms with Gasteiger partial charge in [-0.05, 0) is 36.5 Å². The Morgan fingerprint density at radius 2 is 1.76 bits per heavy atom. The van der Waals surface area contributed by atoms with Crippen LogP contribution in [0.25, 0.3) is 0 Å². The summed E-state index contributed by atoms with van der Waals surface area (Å²) in [6, 6.07) is 4.79. The van der Waals surface area contributed by atoms with Crippen LogP contribution in [0.2, 0.25) is 10.0 Å². The Balaban J connectivity index is 1.80. The zero-order valence-corrected chi connectivity index (χ0v) is 12.4. The Morgan fingerprint density at radius 1 is 1.10 bits per heavy atom. The lowest BCUT2D eigenvalue weighted by atomic mass is 9.82. The topological polar surface area (TPSA) is 66.4 Å². The maximum Gasteiger partial charge on any atom is 0.307 e. The molecular weight excluding hydrogens is 313 g/mol. The van der Waals surface area contributed by atoms with Crippen LogP contribution in [0.5, 0.6) is 0 Å². The van der Waals surface area contributed by atoms with Gasteiger partial charge < -0.3 is 10.4 Å². The predicted molar refractivity (Wildman–Crippen MR) is 80.4 cm³/mol. The minimum absolute atomic E-state index is 0.00104. The highest BCUT2D eigenvalue weighted by molar-refractivity contribution is 6.42. The largest absolute Gasteiger partial charge is 0.481 e. The van der Waals surface area contributed by atoms with E-state index < -0.39 is 17.8 Å². The molecule has 0 heterocycles. The SMILES string of the molecule is O=C(Nc1ccc(Cl)c(Cl)c1)[C@H]1[C@H](C(=O)O)[C@H]2C=C[C@@H]1C2. The first-order valence-electron chi connectivity index (χ1n) is 6.64. The van der Waals surface area contributed by atoms with Crippen LogP contribution in [0.4, 0.5) is 5.69 Å². The molecule has 0 unspecified atom stereocenters. The number of rotatable bonds is 3. The first-order valence-corrected chi connectivity index (χ1v) is 7.40. The number of benzene rings is 1. The van der Waals surface area contributed by atoms with Crippen LogP contribution in [0.15, 0.2) is 30.4 Å². The van der Waals surface area contributed by atoms with Gasteiger partial charge in [-0.1, -0.05) is 35.4 Å². The van der Waals surface area contributed by atoms with Crippen molar-refractivity contribution in [3.8, 4) is 0 Å². The smallest absolute Gasteiger partial charge is 0.307 e. The second-order valence-electron chi connectivity index (χ2n) is 5.46. The average Bonchev–Trinajstić information content (AvgIpc) is 3.03. The molecule has 0 spiro atoms. The first kappa shape index (κ1) is 14.4. The number of fused-ring (bicyclic) bond motifs is 2. The lowest BCUT2D eigenvalue weighted by Gasteiger charge is -2.23. The van der Waals surface area contributed by atoms with Crippen molar-refractivity contribution in [3.05, 3.63) is 40.4 Å². The number of anilines is 1. The molecule has 21 heavy (non-hydrogen) atoms. The van der Waals surface area contributed by atoms with E-state index in [4.69, 9.17) is 23.2 Å². The average molecular weight is 326 g/mol. The lowest BCUT2D eigenvalue weighted by Crippen LogP contribution is -2.36. The zero-order chi connectivity index (χ0) is 15.1. The molecular formula is C15H13Cl2NO3. The summed E-state index contributed by atoms with van der Waals surface area (Å²) >= 11 is 11.7. The van der Waals surface area contributed by atoms with E-state index in [0.717, 1.165) is 6.42 Å². The van der Waals surface area contributed by atoms with Crippen molar-refractivity contribution in [2.24, 2.45) is 23.7 Å². The third-order valence-corrected chi connectivity index (χ3v) is 4.97. The number of carbonyl (C=O) groups is 2. The Bertz CT molecular complexity index is 644. The monoisotopic (exact) mass is 325 g/mol. The molecule has 0 aliphatic heterocycles. The van der Waals surface area contributed by atoms with E-state index in [2.05, 4.69) is 5.32 Å². The molecule has 4 nitrogen and oxygen atoms in total. The summed E-state index contributed by atoms with van der Waals surface area (Å²) in [4.78, 5) is 23.8. The fraction of sp³-hybridized carbons (Fsp3) is 0.333. The zero-order valence-electron chi connectivity index (χ0n) is 10.9. The number of nitrogens with one attached hydrogen (secondary N) is 1. The molecule has 2 aliphatic rings. The summed E-state index contributed by atoms with van der Waals surface area (Å²) in [6.07, 6.45) is 4.59. The second-order valence-corrected chi connectivity index (χ2v) is 6.27. The van der Waals surface area contributed by atoms with Crippen molar-refractivity contribution in [3.63, 3.8) is 0 Å². The number of halogens is 2. The Kier molecular flexibility index (Phi) is 3.68. The maximum atomic E-state index is 12.4. The van der Waals surface area contributed by atoms with Crippen molar-refractivity contribution in [2.75, 3.05) is 5.32 Å². The van der Waals surface area contributed by atoms with E-state index in [1.54, 1.807) is 18.2 Å². The van der Waals surface area contributed by atoms with E-state index in [1.807, 2.05) is 12.2 Å². The molecule has 1 aromatic rings. The van der Waals surface area contributed by atoms with Gasteiger partial charge in [0.25, 0.3) is 0 Å². The quantitative estimate of drug-likeness (QED) is 0.836. The van der Waals surface area contributed by atoms with Crippen molar-refractivity contribution in [2.45, 2.75) is 6.42 Å². The highest BCUT2D eigenvalue weighted by Gasteiger charge is 2.51. The minimum Gasteiger partial charge on any atom is -0.481 e. The highest BCUT2D eigenvalue weighted by atomic mass is 35.5. The van der Waals surface area contributed by atoms with Crippen LogP contribution in [0, 0.1) is 23.7 Å². The van der Waals surface area contributed by atoms with E-state index in [9.17, 15) is 14.7 Å². The predicted octanol–water partition coefficient (Wildman–Crippen LogP) is 3.45. The van der Waals surface area contributed by atoms with Gasteiger partial charge in [0.1, 0.15) is 0 Å². The van der Waals surface area contributed by atoms with Gasteiger partial charge >= 0.3 is 5.97 Å². The molecule has 0 aromatic heterocycles. The number of carbonyl (C=O) groups excluding carboxylic acids is 1. The third kappa shape index (κ3) is 2.54. The van der Waals surface area contributed by atoms with Crippen molar-refractivity contribution in [1.29, 1.82) is 0 Å².